The molecule has 0 saturated carbocycles. The molecule has 0 unspecified atom stereocenters. The normalized spacial score (nSPS) is 12.4. The van der Waals surface area contributed by atoms with Crippen molar-refractivity contribution in [2.24, 2.45) is 7.05 Å². The van der Waals surface area contributed by atoms with Crippen LogP contribution in [-0.2, 0) is 19.4 Å². The molecule has 0 spiro atoms. The van der Waals surface area contributed by atoms with Crippen LogP contribution in [0.2, 0.25) is 0 Å². The third-order valence-electron chi connectivity index (χ3n) is 4.66. The molecule has 4 aromatic rings. The largest absolute Gasteiger partial charge is 0.416 e. The van der Waals surface area contributed by atoms with E-state index < -0.39 is 23.5 Å². The quantitative estimate of drug-likeness (QED) is 0.411. The molecule has 0 amide bonds. The smallest absolute Gasteiger partial charge is 0.338 e. The van der Waals surface area contributed by atoms with Crippen LogP contribution in [0.3, 0.4) is 0 Å². The fraction of sp³-hybridized carbons (Fsp3) is 0.150. The van der Waals surface area contributed by atoms with Crippen LogP contribution in [0.5, 0.6) is 0 Å². The number of benzene rings is 2. The first-order valence-electron chi connectivity index (χ1n) is 8.83. The predicted octanol–water partition coefficient (Wildman–Crippen LogP) is 5.81. The lowest BCUT2D eigenvalue weighted by molar-refractivity contribution is -0.138. The number of nitrogens with one attached hydrogen (secondary N) is 1. The van der Waals surface area contributed by atoms with Gasteiger partial charge < -0.3 is 5.32 Å². The standard InChI is InChI=1S/C20H13F6N5/c1-31-17-8-14(20(24,25)26)7-16(15(17)10-28-31)29-18-6-12(9-27-30-18)11-2-4-13(5-3-11)19(21,22)23/h2-10H,1H3,(H,29,30). The maximum Gasteiger partial charge on any atom is 0.416 e. The lowest BCUT2D eigenvalue weighted by atomic mass is 10.1. The van der Waals surface area contributed by atoms with Crippen molar-refractivity contribution in [1.82, 2.24) is 20.0 Å². The fourth-order valence-corrected chi connectivity index (χ4v) is 3.09. The van der Waals surface area contributed by atoms with Gasteiger partial charge in [-0.25, -0.2) is 0 Å². The average molecular weight is 437 g/mol. The number of rotatable bonds is 3. The summed E-state index contributed by atoms with van der Waals surface area (Å²) in [7, 11) is 1.53. The molecule has 1 N–H and O–H groups in total. The molecule has 0 saturated heterocycles. The minimum Gasteiger partial charge on any atom is -0.338 e. The van der Waals surface area contributed by atoms with E-state index in [1.165, 1.54) is 42.3 Å². The molecule has 2 aromatic heterocycles. The topological polar surface area (TPSA) is 55.6 Å². The van der Waals surface area contributed by atoms with E-state index in [2.05, 4.69) is 20.6 Å². The van der Waals surface area contributed by atoms with Gasteiger partial charge in [0.1, 0.15) is 0 Å². The van der Waals surface area contributed by atoms with Crippen LogP contribution < -0.4 is 5.32 Å². The highest BCUT2D eigenvalue weighted by Crippen LogP contribution is 2.36. The molecule has 2 heterocycles. The minimum absolute atomic E-state index is 0.122. The summed E-state index contributed by atoms with van der Waals surface area (Å²) < 4.78 is 79.5. The number of hydrogen-bond donors (Lipinski definition) is 1. The van der Waals surface area contributed by atoms with Gasteiger partial charge in [-0.05, 0) is 35.9 Å². The van der Waals surface area contributed by atoms with Crippen molar-refractivity contribution in [2.45, 2.75) is 12.4 Å². The highest BCUT2D eigenvalue weighted by molar-refractivity contribution is 5.94. The van der Waals surface area contributed by atoms with E-state index in [-0.39, 0.29) is 17.0 Å². The van der Waals surface area contributed by atoms with Gasteiger partial charge >= 0.3 is 12.4 Å². The predicted molar refractivity (Wildman–Crippen MR) is 101 cm³/mol. The number of fused-ring (bicyclic) bond motifs is 1. The van der Waals surface area contributed by atoms with Crippen molar-refractivity contribution in [3.63, 3.8) is 0 Å². The van der Waals surface area contributed by atoms with Crippen molar-refractivity contribution in [3.05, 3.63) is 66.0 Å². The van der Waals surface area contributed by atoms with E-state index >= 15 is 0 Å². The Morgan fingerprint density at radius 3 is 2.13 bits per heavy atom. The summed E-state index contributed by atoms with van der Waals surface area (Å²) in [6.45, 7) is 0. The number of halogens is 6. The first kappa shape index (κ1) is 20.6. The number of hydrogen-bond acceptors (Lipinski definition) is 4. The Morgan fingerprint density at radius 1 is 0.806 bits per heavy atom. The Balaban J connectivity index is 1.71. The highest BCUT2D eigenvalue weighted by atomic mass is 19.4. The van der Waals surface area contributed by atoms with Gasteiger partial charge in [-0.3, -0.25) is 4.68 Å². The van der Waals surface area contributed by atoms with Gasteiger partial charge in [-0.15, -0.1) is 5.10 Å². The van der Waals surface area contributed by atoms with Crippen LogP contribution in [-0.4, -0.2) is 20.0 Å². The van der Waals surface area contributed by atoms with Crippen LogP contribution in [0.4, 0.5) is 37.8 Å². The average Bonchev–Trinajstić information content (AvgIpc) is 3.08. The molecule has 160 valence electrons. The van der Waals surface area contributed by atoms with E-state index in [4.69, 9.17) is 0 Å². The van der Waals surface area contributed by atoms with E-state index in [1.807, 2.05) is 0 Å². The van der Waals surface area contributed by atoms with Gasteiger partial charge in [-0.1, -0.05) is 12.1 Å². The molecule has 2 aromatic carbocycles. The van der Waals surface area contributed by atoms with E-state index in [9.17, 15) is 26.3 Å². The van der Waals surface area contributed by atoms with Crippen LogP contribution in [0.1, 0.15) is 11.1 Å². The lowest BCUT2D eigenvalue weighted by Gasteiger charge is -2.13. The summed E-state index contributed by atoms with van der Waals surface area (Å²) in [5, 5.41) is 14.9. The molecule has 0 aliphatic carbocycles. The monoisotopic (exact) mass is 437 g/mol. The van der Waals surface area contributed by atoms with Gasteiger partial charge in [0.15, 0.2) is 5.82 Å². The fourth-order valence-electron chi connectivity index (χ4n) is 3.09. The number of anilines is 2. The van der Waals surface area contributed by atoms with Gasteiger partial charge in [0.25, 0.3) is 0 Å². The van der Waals surface area contributed by atoms with Crippen LogP contribution in [0, 0.1) is 0 Å². The summed E-state index contributed by atoms with van der Waals surface area (Å²) in [6, 6.07) is 7.87. The Hall–Kier alpha value is -3.63. The molecular weight excluding hydrogens is 424 g/mol. The molecule has 0 atom stereocenters. The van der Waals surface area contributed by atoms with E-state index in [0.29, 0.717) is 16.5 Å². The number of aryl methyl sites for hydroxylation is 1. The third-order valence-corrected chi connectivity index (χ3v) is 4.66. The second kappa shape index (κ2) is 7.25. The second-order valence-electron chi connectivity index (χ2n) is 6.75. The van der Waals surface area contributed by atoms with Crippen LogP contribution in [0.25, 0.3) is 22.0 Å². The van der Waals surface area contributed by atoms with Crippen molar-refractivity contribution < 1.29 is 26.3 Å². The number of alkyl halides is 6. The zero-order valence-electron chi connectivity index (χ0n) is 15.8. The Kier molecular flexibility index (Phi) is 4.83. The number of nitrogens with zero attached hydrogens (tertiary/aromatic N) is 4. The molecule has 0 radical (unpaired) electrons. The van der Waals surface area contributed by atoms with Crippen LogP contribution in [0.15, 0.2) is 54.9 Å². The first-order chi connectivity index (χ1) is 14.5. The van der Waals surface area contributed by atoms with Gasteiger partial charge in [-0.2, -0.15) is 36.5 Å². The van der Waals surface area contributed by atoms with Crippen molar-refractivity contribution >= 4 is 22.4 Å². The van der Waals surface area contributed by atoms with E-state index in [1.54, 1.807) is 0 Å². The minimum atomic E-state index is -4.57. The molecule has 5 nitrogen and oxygen atoms in total. The second-order valence-corrected chi connectivity index (χ2v) is 6.75. The zero-order chi connectivity index (χ0) is 22.4. The summed E-state index contributed by atoms with van der Waals surface area (Å²) in [4.78, 5) is 0. The van der Waals surface area contributed by atoms with E-state index in [0.717, 1.165) is 24.3 Å². The van der Waals surface area contributed by atoms with Crippen molar-refractivity contribution in [2.75, 3.05) is 5.32 Å². The molecule has 0 aliphatic rings. The molecule has 11 heteroatoms. The summed E-state index contributed by atoms with van der Waals surface area (Å²) in [6.07, 6.45) is -6.26. The van der Waals surface area contributed by atoms with Gasteiger partial charge in [0.2, 0.25) is 0 Å². The Labute approximate surface area is 171 Å². The third kappa shape index (κ3) is 4.16. The molecule has 0 bridgehead atoms. The molecule has 31 heavy (non-hydrogen) atoms. The molecule has 0 fully saturated rings. The zero-order valence-corrected chi connectivity index (χ0v) is 15.8. The highest BCUT2D eigenvalue weighted by Gasteiger charge is 2.32. The Morgan fingerprint density at radius 2 is 1.48 bits per heavy atom. The maximum atomic E-state index is 13.3. The van der Waals surface area contributed by atoms with Gasteiger partial charge in [0, 0.05) is 18.0 Å². The maximum absolute atomic E-state index is 13.3. The first-order valence-corrected chi connectivity index (χ1v) is 8.83. The molecular formula is C20H13F6N5. The SMILES string of the molecule is Cn1ncc2c(Nc3cc(-c4ccc(C(F)(F)F)cc4)cnn3)cc(C(F)(F)F)cc21. The molecule has 0 aliphatic heterocycles. The molecule has 4 rings (SSSR count). The van der Waals surface area contributed by atoms with Crippen molar-refractivity contribution in [3.8, 4) is 11.1 Å². The van der Waals surface area contributed by atoms with Gasteiger partial charge in [0.05, 0.1) is 34.7 Å². The summed E-state index contributed by atoms with van der Waals surface area (Å²) >= 11 is 0. The van der Waals surface area contributed by atoms with Crippen LogP contribution >= 0.6 is 0 Å². The number of aromatic nitrogens is 4. The Bertz CT molecular complexity index is 1240. The lowest BCUT2D eigenvalue weighted by Crippen LogP contribution is -2.07. The van der Waals surface area contributed by atoms with Crippen molar-refractivity contribution in [1.29, 1.82) is 0 Å². The summed E-state index contributed by atoms with van der Waals surface area (Å²) in [5.41, 5.74) is -0.374. The summed E-state index contributed by atoms with van der Waals surface area (Å²) in [5.74, 6) is 0.127.